The Labute approximate surface area is 106 Å². The first-order chi connectivity index (χ1) is 7.88. The number of nitrogens with zero attached hydrogens (tertiary/aromatic N) is 1. The Morgan fingerprint density at radius 3 is 2.53 bits per heavy atom. The number of aromatic nitrogens is 1. The van der Waals surface area contributed by atoms with Crippen LogP contribution < -0.4 is 5.73 Å². The minimum absolute atomic E-state index is 0.0332. The summed E-state index contributed by atoms with van der Waals surface area (Å²) in [6.45, 7) is 5.65. The molecule has 1 aromatic rings. The van der Waals surface area contributed by atoms with Gasteiger partial charge in [0.05, 0.1) is 5.88 Å². The van der Waals surface area contributed by atoms with Crippen molar-refractivity contribution in [1.29, 1.82) is 0 Å². The van der Waals surface area contributed by atoms with Crippen LogP contribution in [0.15, 0.2) is 6.07 Å². The van der Waals surface area contributed by atoms with Gasteiger partial charge >= 0.3 is 0 Å². The highest BCUT2D eigenvalue weighted by Gasteiger charge is 2.18. The quantitative estimate of drug-likeness (QED) is 0.647. The SMILES string of the molecule is Cc1cc(C(=O)CCl)c(C)n1C(C)CC(N)=O. The van der Waals surface area contributed by atoms with Crippen molar-refractivity contribution >= 4 is 23.3 Å². The van der Waals surface area contributed by atoms with E-state index in [0.717, 1.165) is 11.4 Å². The van der Waals surface area contributed by atoms with E-state index >= 15 is 0 Å². The summed E-state index contributed by atoms with van der Waals surface area (Å²) >= 11 is 5.55. The van der Waals surface area contributed by atoms with Crippen LogP contribution in [0.1, 0.15) is 41.1 Å². The lowest BCUT2D eigenvalue weighted by atomic mass is 10.1. The van der Waals surface area contributed by atoms with Gasteiger partial charge in [-0.15, -0.1) is 11.6 Å². The van der Waals surface area contributed by atoms with Crippen molar-refractivity contribution in [2.45, 2.75) is 33.2 Å². The van der Waals surface area contributed by atoms with Gasteiger partial charge in [-0.25, -0.2) is 0 Å². The van der Waals surface area contributed by atoms with Gasteiger partial charge in [0, 0.05) is 29.4 Å². The van der Waals surface area contributed by atoms with E-state index in [4.69, 9.17) is 17.3 Å². The zero-order valence-corrected chi connectivity index (χ0v) is 11.0. The molecular formula is C12H17ClN2O2. The maximum Gasteiger partial charge on any atom is 0.219 e. The summed E-state index contributed by atoms with van der Waals surface area (Å²) in [7, 11) is 0. The van der Waals surface area contributed by atoms with Gasteiger partial charge in [0.1, 0.15) is 0 Å². The lowest BCUT2D eigenvalue weighted by Gasteiger charge is -2.17. The fourth-order valence-corrected chi connectivity index (χ4v) is 2.34. The fourth-order valence-electron chi connectivity index (χ4n) is 2.19. The highest BCUT2D eigenvalue weighted by Crippen LogP contribution is 2.22. The van der Waals surface area contributed by atoms with Crippen molar-refractivity contribution in [1.82, 2.24) is 4.57 Å². The number of halogens is 1. The molecule has 1 unspecified atom stereocenters. The number of ketones is 1. The Bertz CT molecular complexity index is 452. The predicted molar refractivity (Wildman–Crippen MR) is 67.5 cm³/mol. The number of hydrogen-bond donors (Lipinski definition) is 1. The first-order valence-electron chi connectivity index (χ1n) is 5.44. The molecule has 4 nitrogen and oxygen atoms in total. The second-order valence-corrected chi connectivity index (χ2v) is 4.50. The van der Waals surface area contributed by atoms with Crippen molar-refractivity contribution < 1.29 is 9.59 Å². The molecule has 0 aliphatic carbocycles. The van der Waals surface area contributed by atoms with E-state index in [2.05, 4.69) is 0 Å². The van der Waals surface area contributed by atoms with E-state index in [-0.39, 0.29) is 30.0 Å². The molecule has 0 aliphatic heterocycles. The smallest absolute Gasteiger partial charge is 0.219 e. The average Bonchev–Trinajstić information content (AvgIpc) is 2.52. The molecular weight excluding hydrogens is 240 g/mol. The number of Topliss-reactive ketones (excluding diaryl/α,β-unsaturated/α-hetero) is 1. The van der Waals surface area contributed by atoms with E-state index < -0.39 is 0 Å². The second-order valence-electron chi connectivity index (χ2n) is 4.23. The molecule has 2 N–H and O–H groups in total. The standard InChI is InChI=1S/C12H17ClN2O2/c1-7-4-10(11(16)6-13)9(3)15(7)8(2)5-12(14)17/h4,8H,5-6H2,1-3H3,(H2,14,17). The highest BCUT2D eigenvalue weighted by atomic mass is 35.5. The van der Waals surface area contributed by atoms with Crippen LogP contribution >= 0.6 is 11.6 Å². The second kappa shape index (κ2) is 5.36. The number of rotatable bonds is 5. The molecule has 1 heterocycles. The number of nitrogens with two attached hydrogens (primary N) is 1. The normalized spacial score (nSPS) is 12.5. The van der Waals surface area contributed by atoms with Gasteiger partial charge in [-0.3, -0.25) is 9.59 Å². The number of alkyl halides is 1. The van der Waals surface area contributed by atoms with Gasteiger partial charge in [-0.05, 0) is 26.8 Å². The van der Waals surface area contributed by atoms with Crippen LogP contribution in [0, 0.1) is 13.8 Å². The molecule has 1 amide bonds. The van der Waals surface area contributed by atoms with E-state index in [0.29, 0.717) is 5.56 Å². The molecule has 1 atom stereocenters. The monoisotopic (exact) mass is 256 g/mol. The largest absolute Gasteiger partial charge is 0.370 e. The maximum absolute atomic E-state index is 11.6. The number of primary amides is 1. The lowest BCUT2D eigenvalue weighted by molar-refractivity contribution is -0.118. The van der Waals surface area contributed by atoms with Gasteiger partial charge in [0.15, 0.2) is 5.78 Å². The summed E-state index contributed by atoms with van der Waals surface area (Å²) in [6, 6.07) is 1.75. The third-order valence-electron chi connectivity index (χ3n) is 2.84. The van der Waals surface area contributed by atoms with Crippen LogP contribution in [0.3, 0.4) is 0 Å². The van der Waals surface area contributed by atoms with Crippen molar-refractivity contribution in [2.75, 3.05) is 5.88 Å². The van der Waals surface area contributed by atoms with Crippen molar-refractivity contribution in [3.05, 3.63) is 23.0 Å². The molecule has 17 heavy (non-hydrogen) atoms. The van der Waals surface area contributed by atoms with E-state index in [1.165, 1.54) is 0 Å². The fraction of sp³-hybridized carbons (Fsp3) is 0.500. The first kappa shape index (κ1) is 13.8. The van der Waals surface area contributed by atoms with E-state index in [9.17, 15) is 9.59 Å². The Balaban J connectivity index is 3.13. The Hall–Kier alpha value is -1.29. The minimum atomic E-state index is -0.352. The molecule has 0 bridgehead atoms. The van der Waals surface area contributed by atoms with Crippen molar-refractivity contribution in [2.24, 2.45) is 5.73 Å². The number of carbonyl (C=O) groups excluding carboxylic acids is 2. The molecule has 0 spiro atoms. The summed E-state index contributed by atoms with van der Waals surface area (Å²) < 4.78 is 1.95. The van der Waals surface area contributed by atoms with Gasteiger partial charge in [-0.1, -0.05) is 0 Å². The van der Waals surface area contributed by atoms with Crippen LogP contribution in [0.4, 0.5) is 0 Å². The van der Waals surface area contributed by atoms with Crippen LogP contribution in [0.5, 0.6) is 0 Å². The number of amides is 1. The number of aryl methyl sites for hydroxylation is 1. The third kappa shape index (κ3) is 2.88. The lowest BCUT2D eigenvalue weighted by Crippen LogP contribution is -2.19. The summed E-state index contributed by atoms with van der Waals surface area (Å²) in [6.07, 6.45) is 0.255. The summed E-state index contributed by atoms with van der Waals surface area (Å²) in [4.78, 5) is 22.5. The molecule has 1 aromatic heterocycles. The zero-order valence-electron chi connectivity index (χ0n) is 10.3. The molecule has 0 saturated carbocycles. The van der Waals surface area contributed by atoms with Gasteiger partial charge in [0.25, 0.3) is 0 Å². The van der Waals surface area contributed by atoms with Gasteiger partial charge in [-0.2, -0.15) is 0 Å². The zero-order chi connectivity index (χ0) is 13.2. The molecule has 5 heteroatoms. The topological polar surface area (TPSA) is 65.1 Å². The van der Waals surface area contributed by atoms with Crippen LogP contribution in [0.25, 0.3) is 0 Å². The van der Waals surface area contributed by atoms with Gasteiger partial charge < -0.3 is 10.3 Å². The number of carbonyl (C=O) groups is 2. The van der Waals surface area contributed by atoms with Crippen LogP contribution in [-0.4, -0.2) is 22.1 Å². The van der Waals surface area contributed by atoms with Crippen molar-refractivity contribution in [3.63, 3.8) is 0 Å². The summed E-state index contributed by atoms with van der Waals surface area (Å²) in [5.41, 5.74) is 7.57. The predicted octanol–water partition coefficient (Wildman–Crippen LogP) is 1.96. The van der Waals surface area contributed by atoms with Crippen LogP contribution in [-0.2, 0) is 4.79 Å². The van der Waals surface area contributed by atoms with E-state index in [1.54, 1.807) is 6.07 Å². The Kier molecular flexibility index (Phi) is 4.34. The van der Waals surface area contributed by atoms with Crippen molar-refractivity contribution in [3.8, 4) is 0 Å². The van der Waals surface area contributed by atoms with E-state index in [1.807, 2.05) is 25.3 Å². The minimum Gasteiger partial charge on any atom is -0.370 e. The molecule has 0 fully saturated rings. The molecule has 1 rings (SSSR count). The molecule has 0 radical (unpaired) electrons. The summed E-state index contributed by atoms with van der Waals surface area (Å²) in [5.74, 6) is -0.485. The molecule has 94 valence electrons. The number of hydrogen-bond acceptors (Lipinski definition) is 2. The van der Waals surface area contributed by atoms with Crippen LogP contribution in [0.2, 0.25) is 0 Å². The van der Waals surface area contributed by atoms with Gasteiger partial charge in [0.2, 0.25) is 5.91 Å². The highest BCUT2D eigenvalue weighted by molar-refractivity contribution is 6.30. The Morgan fingerprint density at radius 1 is 1.47 bits per heavy atom. The average molecular weight is 257 g/mol. The Morgan fingerprint density at radius 2 is 2.06 bits per heavy atom. The molecule has 0 aromatic carbocycles. The molecule has 0 aliphatic rings. The molecule has 0 saturated heterocycles. The third-order valence-corrected chi connectivity index (χ3v) is 3.09. The maximum atomic E-state index is 11.6. The summed E-state index contributed by atoms with van der Waals surface area (Å²) in [5, 5.41) is 0. The first-order valence-corrected chi connectivity index (χ1v) is 5.97.